The van der Waals surface area contributed by atoms with Crippen molar-refractivity contribution < 1.29 is 0 Å². The molecule has 0 unspecified atom stereocenters. The van der Waals surface area contributed by atoms with Gasteiger partial charge in [-0.2, -0.15) is 0 Å². The minimum absolute atomic E-state index is 0. The van der Waals surface area contributed by atoms with Crippen molar-refractivity contribution >= 4 is 28.9 Å². The smallest absolute Gasteiger partial charge is 0.180 e. The Labute approximate surface area is 117 Å². The molecule has 0 saturated heterocycles. The van der Waals surface area contributed by atoms with Crippen molar-refractivity contribution in [1.29, 1.82) is 0 Å². The first kappa shape index (κ1) is 14.8. The first-order valence-electron chi connectivity index (χ1n) is 5.37. The predicted molar refractivity (Wildman–Crippen MR) is 75.8 cm³/mol. The Balaban J connectivity index is 0.00000162. The number of likely N-dealkylation sites (N-methyl/N-ethyl adjacent to an activating group) is 1. The van der Waals surface area contributed by atoms with E-state index < -0.39 is 0 Å². The summed E-state index contributed by atoms with van der Waals surface area (Å²) in [5.41, 5.74) is 6.61. The van der Waals surface area contributed by atoms with E-state index in [1.54, 1.807) is 18.6 Å². The standard InChI is InChI=1S/C11H15N5S.ClH/c1-16(8-10-7-15-11(12)17-10)5-2-9-6-13-3-4-14-9;/h3-4,6-7H,2,5,8H2,1H3,(H2,12,15);1H. The second-order valence-electron chi connectivity index (χ2n) is 3.85. The summed E-state index contributed by atoms with van der Waals surface area (Å²) in [6, 6.07) is 0. The lowest BCUT2D eigenvalue weighted by Crippen LogP contribution is -2.20. The van der Waals surface area contributed by atoms with Gasteiger partial charge in [0, 0.05) is 49.2 Å². The molecular formula is C11H16ClN5S. The Hall–Kier alpha value is -1.24. The summed E-state index contributed by atoms with van der Waals surface area (Å²) in [6.45, 7) is 1.81. The average molecular weight is 286 g/mol. The van der Waals surface area contributed by atoms with Crippen molar-refractivity contribution in [3.8, 4) is 0 Å². The SMILES string of the molecule is CN(CCc1cnccn1)Cc1cnc(N)s1.Cl. The number of anilines is 1. The molecule has 0 amide bonds. The molecule has 0 aromatic carbocycles. The van der Waals surface area contributed by atoms with Gasteiger partial charge in [0.15, 0.2) is 5.13 Å². The van der Waals surface area contributed by atoms with Crippen LogP contribution in [0.2, 0.25) is 0 Å². The maximum absolute atomic E-state index is 5.59. The summed E-state index contributed by atoms with van der Waals surface area (Å²) >= 11 is 1.53. The van der Waals surface area contributed by atoms with Crippen LogP contribution in [-0.4, -0.2) is 33.4 Å². The molecule has 0 fully saturated rings. The van der Waals surface area contributed by atoms with Gasteiger partial charge in [-0.15, -0.1) is 23.7 Å². The average Bonchev–Trinajstić information content (AvgIpc) is 2.73. The molecule has 0 saturated carbocycles. The van der Waals surface area contributed by atoms with E-state index in [-0.39, 0.29) is 12.4 Å². The molecule has 2 rings (SSSR count). The molecule has 0 bridgehead atoms. The third-order valence-corrected chi connectivity index (χ3v) is 3.17. The van der Waals surface area contributed by atoms with Gasteiger partial charge in [0.2, 0.25) is 0 Å². The lowest BCUT2D eigenvalue weighted by atomic mass is 10.3. The highest BCUT2D eigenvalue weighted by Crippen LogP contribution is 2.15. The van der Waals surface area contributed by atoms with E-state index in [9.17, 15) is 0 Å². The summed E-state index contributed by atoms with van der Waals surface area (Å²) in [5, 5.41) is 0.627. The van der Waals surface area contributed by atoms with Gasteiger partial charge >= 0.3 is 0 Å². The molecule has 0 radical (unpaired) electrons. The van der Waals surface area contributed by atoms with Gasteiger partial charge in [-0.05, 0) is 7.05 Å². The fourth-order valence-electron chi connectivity index (χ4n) is 1.51. The lowest BCUT2D eigenvalue weighted by molar-refractivity contribution is 0.332. The van der Waals surface area contributed by atoms with Crippen molar-refractivity contribution in [3.05, 3.63) is 35.4 Å². The molecular weight excluding hydrogens is 270 g/mol. The highest BCUT2D eigenvalue weighted by atomic mass is 35.5. The van der Waals surface area contributed by atoms with Crippen molar-refractivity contribution in [2.75, 3.05) is 19.3 Å². The van der Waals surface area contributed by atoms with E-state index >= 15 is 0 Å². The Morgan fingerprint density at radius 3 is 2.72 bits per heavy atom. The van der Waals surface area contributed by atoms with Crippen LogP contribution in [0, 0.1) is 0 Å². The number of aromatic nitrogens is 3. The molecule has 0 aliphatic heterocycles. The predicted octanol–water partition coefficient (Wildman–Crippen LogP) is 1.61. The molecule has 2 heterocycles. The topological polar surface area (TPSA) is 67.9 Å². The molecule has 0 aliphatic carbocycles. The van der Waals surface area contributed by atoms with Crippen LogP contribution in [-0.2, 0) is 13.0 Å². The van der Waals surface area contributed by atoms with Gasteiger partial charge < -0.3 is 10.6 Å². The summed E-state index contributed by atoms with van der Waals surface area (Å²) < 4.78 is 0. The maximum Gasteiger partial charge on any atom is 0.180 e. The Morgan fingerprint density at radius 2 is 2.11 bits per heavy atom. The zero-order chi connectivity index (χ0) is 12.1. The van der Waals surface area contributed by atoms with E-state index in [0.717, 1.165) is 25.2 Å². The van der Waals surface area contributed by atoms with Crippen LogP contribution in [0.1, 0.15) is 10.6 Å². The van der Waals surface area contributed by atoms with E-state index in [4.69, 9.17) is 5.73 Å². The number of hydrogen-bond acceptors (Lipinski definition) is 6. The molecule has 5 nitrogen and oxygen atoms in total. The molecule has 98 valence electrons. The van der Waals surface area contributed by atoms with Crippen LogP contribution in [0.15, 0.2) is 24.8 Å². The van der Waals surface area contributed by atoms with E-state index in [1.165, 1.54) is 16.2 Å². The fraction of sp³-hybridized carbons (Fsp3) is 0.364. The molecule has 0 aliphatic rings. The molecule has 2 aromatic rings. The third-order valence-electron chi connectivity index (χ3n) is 2.36. The van der Waals surface area contributed by atoms with Crippen LogP contribution in [0.5, 0.6) is 0 Å². The van der Waals surface area contributed by atoms with E-state index in [0.29, 0.717) is 5.13 Å². The van der Waals surface area contributed by atoms with Gasteiger partial charge in [0.05, 0.1) is 5.69 Å². The number of thiazole rings is 1. The molecule has 0 spiro atoms. The molecule has 2 N–H and O–H groups in total. The van der Waals surface area contributed by atoms with Crippen molar-refractivity contribution in [3.63, 3.8) is 0 Å². The van der Waals surface area contributed by atoms with Crippen LogP contribution < -0.4 is 5.73 Å². The molecule has 0 atom stereocenters. The quantitative estimate of drug-likeness (QED) is 0.904. The number of halogens is 1. The number of hydrogen-bond donors (Lipinski definition) is 1. The van der Waals surface area contributed by atoms with Gasteiger partial charge in [0.1, 0.15) is 0 Å². The Bertz CT molecular complexity index is 461. The summed E-state index contributed by atoms with van der Waals surface area (Å²) in [6.07, 6.45) is 7.95. The minimum atomic E-state index is 0. The number of nitrogen functional groups attached to an aromatic ring is 1. The van der Waals surface area contributed by atoms with Crippen LogP contribution in [0.25, 0.3) is 0 Å². The van der Waals surface area contributed by atoms with Crippen LogP contribution in [0.3, 0.4) is 0 Å². The third kappa shape index (κ3) is 4.56. The fourth-order valence-corrected chi connectivity index (χ4v) is 2.27. The largest absolute Gasteiger partial charge is 0.375 e. The Kier molecular flexibility index (Phi) is 5.97. The normalized spacial score (nSPS) is 10.3. The number of nitrogens with zero attached hydrogens (tertiary/aromatic N) is 4. The van der Waals surface area contributed by atoms with Gasteiger partial charge in [-0.3, -0.25) is 9.97 Å². The van der Waals surface area contributed by atoms with Crippen molar-refractivity contribution in [2.45, 2.75) is 13.0 Å². The van der Waals surface area contributed by atoms with Crippen molar-refractivity contribution in [1.82, 2.24) is 19.9 Å². The van der Waals surface area contributed by atoms with Crippen molar-refractivity contribution in [2.24, 2.45) is 0 Å². The monoisotopic (exact) mass is 285 g/mol. The summed E-state index contributed by atoms with van der Waals surface area (Å²) in [4.78, 5) is 15.7. The lowest BCUT2D eigenvalue weighted by Gasteiger charge is -2.14. The first-order valence-corrected chi connectivity index (χ1v) is 6.19. The number of nitrogens with two attached hydrogens (primary N) is 1. The van der Waals surface area contributed by atoms with Crippen LogP contribution in [0.4, 0.5) is 5.13 Å². The van der Waals surface area contributed by atoms with Crippen LogP contribution >= 0.6 is 23.7 Å². The second kappa shape index (κ2) is 7.25. The highest BCUT2D eigenvalue weighted by Gasteiger charge is 2.04. The molecule has 2 aromatic heterocycles. The number of rotatable bonds is 5. The zero-order valence-electron chi connectivity index (χ0n) is 10.1. The molecule has 7 heteroatoms. The minimum Gasteiger partial charge on any atom is -0.375 e. The van der Waals surface area contributed by atoms with Gasteiger partial charge in [-0.1, -0.05) is 0 Å². The van der Waals surface area contributed by atoms with Gasteiger partial charge in [-0.25, -0.2) is 4.98 Å². The summed E-state index contributed by atoms with van der Waals surface area (Å²) in [5.74, 6) is 0. The van der Waals surface area contributed by atoms with E-state index in [2.05, 4.69) is 26.9 Å². The molecule has 18 heavy (non-hydrogen) atoms. The maximum atomic E-state index is 5.59. The zero-order valence-corrected chi connectivity index (χ0v) is 11.7. The summed E-state index contributed by atoms with van der Waals surface area (Å²) in [7, 11) is 2.08. The van der Waals surface area contributed by atoms with Gasteiger partial charge in [0.25, 0.3) is 0 Å². The second-order valence-corrected chi connectivity index (χ2v) is 5.00. The van der Waals surface area contributed by atoms with E-state index in [1.807, 2.05) is 6.20 Å². The Morgan fingerprint density at radius 1 is 1.28 bits per heavy atom. The highest BCUT2D eigenvalue weighted by molar-refractivity contribution is 7.15. The first-order chi connectivity index (χ1) is 8.24.